The zero-order chi connectivity index (χ0) is 14.0. The van der Waals surface area contributed by atoms with Gasteiger partial charge in [0.25, 0.3) is 0 Å². The molecule has 1 heterocycles. The highest BCUT2D eigenvalue weighted by molar-refractivity contribution is 5.82. The van der Waals surface area contributed by atoms with Gasteiger partial charge >= 0.3 is 6.18 Å². The molecule has 0 fully saturated rings. The van der Waals surface area contributed by atoms with Crippen molar-refractivity contribution in [2.24, 2.45) is 5.84 Å². The van der Waals surface area contributed by atoms with Crippen molar-refractivity contribution in [3.05, 3.63) is 35.4 Å². The SMILES string of the molecule is CCCc1cc2cc(C(F)(F)F)ccc2nc1NN. The minimum absolute atomic E-state index is 0.470. The van der Waals surface area contributed by atoms with E-state index >= 15 is 0 Å². The maximum absolute atomic E-state index is 12.7. The Morgan fingerprint density at radius 3 is 2.58 bits per heavy atom. The van der Waals surface area contributed by atoms with Crippen molar-refractivity contribution in [2.75, 3.05) is 5.43 Å². The van der Waals surface area contributed by atoms with Gasteiger partial charge in [-0.25, -0.2) is 10.8 Å². The first-order valence-electron chi connectivity index (χ1n) is 5.93. The van der Waals surface area contributed by atoms with Gasteiger partial charge in [-0.15, -0.1) is 0 Å². The van der Waals surface area contributed by atoms with Gasteiger partial charge in [0.2, 0.25) is 0 Å². The number of pyridine rings is 1. The number of nitrogens with one attached hydrogen (secondary N) is 1. The molecule has 0 aliphatic heterocycles. The molecule has 3 nitrogen and oxygen atoms in total. The van der Waals surface area contributed by atoms with E-state index in [0.29, 0.717) is 23.1 Å². The summed E-state index contributed by atoms with van der Waals surface area (Å²) in [7, 11) is 0. The summed E-state index contributed by atoms with van der Waals surface area (Å²) >= 11 is 0. The summed E-state index contributed by atoms with van der Waals surface area (Å²) in [6.07, 6.45) is -2.77. The van der Waals surface area contributed by atoms with Crippen LogP contribution < -0.4 is 11.3 Å². The molecule has 0 aliphatic rings. The molecule has 2 rings (SSSR count). The average Bonchev–Trinajstić information content (AvgIpc) is 2.36. The molecular formula is C13H14F3N3. The molecule has 0 saturated carbocycles. The molecule has 6 heteroatoms. The molecule has 0 radical (unpaired) electrons. The van der Waals surface area contributed by atoms with Crippen molar-refractivity contribution in [3.63, 3.8) is 0 Å². The van der Waals surface area contributed by atoms with Crippen LogP contribution in [0.5, 0.6) is 0 Å². The van der Waals surface area contributed by atoms with Crippen molar-refractivity contribution < 1.29 is 13.2 Å². The number of aryl methyl sites for hydroxylation is 1. The predicted molar refractivity (Wildman–Crippen MR) is 68.6 cm³/mol. The molecule has 3 N–H and O–H groups in total. The summed E-state index contributed by atoms with van der Waals surface area (Å²) in [6.45, 7) is 1.98. The highest BCUT2D eigenvalue weighted by Crippen LogP contribution is 2.32. The molecule has 0 aliphatic carbocycles. The Kier molecular flexibility index (Phi) is 3.61. The van der Waals surface area contributed by atoms with Crippen LogP contribution in [0.4, 0.5) is 19.0 Å². The number of halogens is 3. The minimum atomic E-state index is -4.34. The predicted octanol–water partition coefficient (Wildman–Crippen LogP) is 3.49. The van der Waals surface area contributed by atoms with Gasteiger partial charge in [0.05, 0.1) is 11.1 Å². The number of rotatable bonds is 3. The van der Waals surface area contributed by atoms with Crippen molar-refractivity contribution in [3.8, 4) is 0 Å². The topological polar surface area (TPSA) is 50.9 Å². The Balaban J connectivity index is 2.59. The van der Waals surface area contributed by atoms with E-state index in [1.807, 2.05) is 6.92 Å². The second kappa shape index (κ2) is 5.05. The number of aromatic nitrogens is 1. The maximum atomic E-state index is 12.7. The molecule has 2 aromatic rings. The normalized spacial score (nSPS) is 11.8. The van der Waals surface area contributed by atoms with Crippen LogP contribution >= 0.6 is 0 Å². The standard InChI is InChI=1S/C13H14F3N3/c1-2-3-8-6-9-7-10(13(14,15)16)4-5-11(9)18-12(8)19-17/h4-7H,2-3,17H2,1H3,(H,18,19). The highest BCUT2D eigenvalue weighted by Gasteiger charge is 2.30. The Hall–Kier alpha value is -1.82. The summed E-state index contributed by atoms with van der Waals surface area (Å²) in [5.74, 6) is 5.89. The highest BCUT2D eigenvalue weighted by atomic mass is 19.4. The molecule has 1 aromatic heterocycles. The van der Waals surface area contributed by atoms with Crippen molar-refractivity contribution in [1.29, 1.82) is 0 Å². The molecule has 0 atom stereocenters. The number of hydrogen-bond donors (Lipinski definition) is 2. The van der Waals surface area contributed by atoms with E-state index in [0.717, 1.165) is 24.1 Å². The summed E-state index contributed by atoms with van der Waals surface area (Å²) in [6, 6.07) is 5.20. The number of nitrogens with zero attached hydrogens (tertiary/aromatic N) is 1. The van der Waals surface area contributed by atoms with Crippen molar-refractivity contribution in [2.45, 2.75) is 25.9 Å². The molecule has 19 heavy (non-hydrogen) atoms. The first-order valence-corrected chi connectivity index (χ1v) is 5.93. The molecule has 0 spiro atoms. The first-order chi connectivity index (χ1) is 8.95. The molecule has 1 aromatic carbocycles. The number of nitrogen functional groups attached to an aromatic ring is 1. The molecule has 0 amide bonds. The Morgan fingerprint density at radius 2 is 2.00 bits per heavy atom. The van der Waals surface area contributed by atoms with E-state index in [1.165, 1.54) is 6.07 Å². The Morgan fingerprint density at radius 1 is 1.26 bits per heavy atom. The van der Waals surface area contributed by atoms with Gasteiger partial charge in [0.15, 0.2) is 0 Å². The number of nitrogens with two attached hydrogens (primary N) is 1. The number of fused-ring (bicyclic) bond motifs is 1. The lowest BCUT2D eigenvalue weighted by Gasteiger charge is -2.11. The second-order valence-corrected chi connectivity index (χ2v) is 4.30. The minimum Gasteiger partial charge on any atom is -0.308 e. The maximum Gasteiger partial charge on any atom is 0.416 e. The van der Waals surface area contributed by atoms with E-state index in [4.69, 9.17) is 5.84 Å². The molecular weight excluding hydrogens is 255 g/mol. The van der Waals surface area contributed by atoms with Crippen LogP contribution in [-0.2, 0) is 12.6 Å². The summed E-state index contributed by atoms with van der Waals surface area (Å²) < 4.78 is 38.0. The van der Waals surface area contributed by atoms with E-state index in [-0.39, 0.29) is 0 Å². The van der Waals surface area contributed by atoms with Crippen LogP contribution in [-0.4, -0.2) is 4.98 Å². The second-order valence-electron chi connectivity index (χ2n) is 4.30. The monoisotopic (exact) mass is 269 g/mol. The van der Waals surface area contributed by atoms with Crippen LogP contribution in [0.2, 0.25) is 0 Å². The number of benzene rings is 1. The van der Waals surface area contributed by atoms with Gasteiger partial charge in [-0.05, 0) is 36.2 Å². The molecule has 0 bridgehead atoms. The fourth-order valence-corrected chi connectivity index (χ4v) is 1.98. The fourth-order valence-electron chi connectivity index (χ4n) is 1.98. The third-order valence-corrected chi connectivity index (χ3v) is 2.88. The van der Waals surface area contributed by atoms with Crippen LogP contribution in [0, 0.1) is 0 Å². The number of alkyl halides is 3. The van der Waals surface area contributed by atoms with Gasteiger partial charge < -0.3 is 5.43 Å². The average molecular weight is 269 g/mol. The number of hydrogen-bond acceptors (Lipinski definition) is 3. The van der Waals surface area contributed by atoms with E-state index in [9.17, 15) is 13.2 Å². The number of hydrazine groups is 1. The van der Waals surface area contributed by atoms with Gasteiger partial charge in [-0.1, -0.05) is 13.3 Å². The van der Waals surface area contributed by atoms with Crippen molar-refractivity contribution >= 4 is 16.7 Å². The molecule has 102 valence electrons. The molecule has 0 unspecified atom stereocenters. The zero-order valence-corrected chi connectivity index (χ0v) is 10.4. The zero-order valence-electron chi connectivity index (χ0n) is 10.4. The van der Waals surface area contributed by atoms with Crippen LogP contribution in [0.15, 0.2) is 24.3 Å². The molecule has 0 saturated heterocycles. The quantitative estimate of drug-likeness (QED) is 0.662. The first kappa shape index (κ1) is 13.6. The van der Waals surface area contributed by atoms with E-state index in [1.54, 1.807) is 6.07 Å². The lowest BCUT2D eigenvalue weighted by molar-refractivity contribution is -0.137. The summed E-state index contributed by atoms with van der Waals surface area (Å²) in [5.41, 5.74) is 3.12. The van der Waals surface area contributed by atoms with Gasteiger partial charge in [-0.3, -0.25) is 0 Å². The lowest BCUT2D eigenvalue weighted by Crippen LogP contribution is -2.11. The lowest BCUT2D eigenvalue weighted by atomic mass is 10.1. The number of anilines is 1. The van der Waals surface area contributed by atoms with Gasteiger partial charge in [-0.2, -0.15) is 13.2 Å². The summed E-state index contributed by atoms with van der Waals surface area (Å²) in [4.78, 5) is 4.23. The van der Waals surface area contributed by atoms with E-state index in [2.05, 4.69) is 10.4 Å². The smallest absolute Gasteiger partial charge is 0.308 e. The van der Waals surface area contributed by atoms with Crippen LogP contribution in [0.1, 0.15) is 24.5 Å². The van der Waals surface area contributed by atoms with Crippen LogP contribution in [0.3, 0.4) is 0 Å². The Labute approximate surface area is 108 Å². The third kappa shape index (κ3) is 2.78. The largest absolute Gasteiger partial charge is 0.416 e. The third-order valence-electron chi connectivity index (χ3n) is 2.88. The van der Waals surface area contributed by atoms with Crippen molar-refractivity contribution in [1.82, 2.24) is 4.98 Å². The van der Waals surface area contributed by atoms with Gasteiger partial charge in [0, 0.05) is 5.39 Å². The van der Waals surface area contributed by atoms with Gasteiger partial charge in [0.1, 0.15) is 5.82 Å². The Bertz CT molecular complexity index is 593. The fraction of sp³-hybridized carbons (Fsp3) is 0.308. The van der Waals surface area contributed by atoms with E-state index < -0.39 is 11.7 Å². The van der Waals surface area contributed by atoms with Crippen LogP contribution in [0.25, 0.3) is 10.9 Å². The summed E-state index contributed by atoms with van der Waals surface area (Å²) in [5, 5.41) is 0.470.